The fourth-order valence-electron chi connectivity index (χ4n) is 2.68. The Bertz CT molecular complexity index is 1080. The number of ether oxygens (including phenoxy) is 2. The second kappa shape index (κ2) is 9.94. The van der Waals surface area contributed by atoms with Crippen LogP contribution in [0.3, 0.4) is 0 Å². The van der Waals surface area contributed by atoms with Crippen LogP contribution in [0.1, 0.15) is 22.8 Å². The quantitative estimate of drug-likeness (QED) is 0.524. The van der Waals surface area contributed by atoms with Gasteiger partial charge >= 0.3 is 5.97 Å². The van der Waals surface area contributed by atoms with Gasteiger partial charge in [0, 0.05) is 7.05 Å². The summed E-state index contributed by atoms with van der Waals surface area (Å²) in [4.78, 5) is 41.9. The molecule has 1 fully saturated rings. The number of esters is 1. The number of nitrogens with zero attached hydrogens (tertiary/aromatic N) is 2. The number of carbonyl (C=O) groups is 3. The maximum absolute atomic E-state index is 12.7. The number of likely N-dealkylation sites (N-methyl/N-ethyl adjacent to an activating group) is 1. The molecule has 2 aromatic carbocycles. The molecule has 0 bridgehead atoms. The topological polar surface area (TPSA) is 111 Å². The van der Waals surface area contributed by atoms with Crippen molar-refractivity contribution in [3.63, 3.8) is 0 Å². The molecule has 0 aromatic heterocycles. The number of hydrogen-bond acceptors (Lipinski definition) is 7. The van der Waals surface area contributed by atoms with E-state index in [0.717, 1.165) is 5.56 Å². The molecule has 0 saturated carbocycles. The molecule has 9 heteroatoms. The zero-order valence-electron chi connectivity index (χ0n) is 17.0. The summed E-state index contributed by atoms with van der Waals surface area (Å²) in [7, 11) is 1.64. The second-order valence-electron chi connectivity index (χ2n) is 6.47. The van der Waals surface area contributed by atoms with Gasteiger partial charge in [-0.15, -0.1) is 0 Å². The van der Waals surface area contributed by atoms with Gasteiger partial charge in [0.05, 0.1) is 22.8 Å². The number of carbonyl (C=O) groups excluding carboxylic acids is 3. The number of aliphatic imine (C=N–C) groups is 1. The van der Waals surface area contributed by atoms with E-state index in [9.17, 15) is 14.4 Å². The van der Waals surface area contributed by atoms with Crippen molar-refractivity contribution in [2.75, 3.05) is 20.3 Å². The van der Waals surface area contributed by atoms with Crippen LogP contribution in [-0.2, 0) is 14.3 Å². The summed E-state index contributed by atoms with van der Waals surface area (Å²) in [6, 6.07) is 13.7. The highest BCUT2D eigenvalue weighted by Crippen LogP contribution is 2.33. The first-order chi connectivity index (χ1) is 14.9. The molecule has 0 spiro atoms. The van der Waals surface area contributed by atoms with Crippen LogP contribution in [-0.4, -0.2) is 48.1 Å². The molecule has 0 radical (unpaired) electrons. The van der Waals surface area contributed by atoms with Gasteiger partial charge in [0.15, 0.2) is 11.8 Å². The Hall–Kier alpha value is -3.59. The molecule has 2 amide bonds. The van der Waals surface area contributed by atoms with E-state index < -0.39 is 11.9 Å². The molecular formula is C22H21N3O5S. The van der Waals surface area contributed by atoms with Gasteiger partial charge in [-0.2, -0.15) is 0 Å². The van der Waals surface area contributed by atoms with Gasteiger partial charge < -0.3 is 15.2 Å². The molecule has 1 aliphatic heterocycles. The van der Waals surface area contributed by atoms with Gasteiger partial charge in [0.25, 0.3) is 11.8 Å². The van der Waals surface area contributed by atoms with Gasteiger partial charge in [-0.3, -0.25) is 14.5 Å². The predicted molar refractivity (Wildman–Crippen MR) is 119 cm³/mol. The maximum atomic E-state index is 12.7. The van der Waals surface area contributed by atoms with E-state index in [0.29, 0.717) is 27.1 Å². The molecule has 31 heavy (non-hydrogen) atoms. The van der Waals surface area contributed by atoms with Crippen molar-refractivity contribution in [3.05, 3.63) is 64.6 Å². The number of benzene rings is 2. The lowest BCUT2D eigenvalue weighted by atomic mass is 10.2. The first kappa shape index (κ1) is 22.1. The third-order valence-corrected chi connectivity index (χ3v) is 5.18. The van der Waals surface area contributed by atoms with Crippen LogP contribution < -0.4 is 10.5 Å². The van der Waals surface area contributed by atoms with Gasteiger partial charge in [-0.1, -0.05) is 18.2 Å². The minimum Gasteiger partial charge on any atom is -0.484 e. The summed E-state index contributed by atoms with van der Waals surface area (Å²) in [6.07, 6.45) is 1.72. The van der Waals surface area contributed by atoms with Crippen LogP contribution in [0, 0.1) is 0 Å². The third kappa shape index (κ3) is 5.73. The van der Waals surface area contributed by atoms with E-state index in [2.05, 4.69) is 4.99 Å². The van der Waals surface area contributed by atoms with Crippen molar-refractivity contribution in [2.24, 2.45) is 10.7 Å². The summed E-state index contributed by atoms with van der Waals surface area (Å²) >= 11 is 1.22. The molecule has 1 saturated heterocycles. The normalized spacial score (nSPS) is 16.1. The number of nitrogens with two attached hydrogens (primary N) is 1. The van der Waals surface area contributed by atoms with Gasteiger partial charge in [0.2, 0.25) is 0 Å². The van der Waals surface area contributed by atoms with Crippen LogP contribution in [0.15, 0.2) is 58.4 Å². The van der Waals surface area contributed by atoms with E-state index in [1.807, 2.05) is 6.07 Å². The first-order valence-corrected chi connectivity index (χ1v) is 10.2. The van der Waals surface area contributed by atoms with E-state index in [-0.39, 0.29) is 19.1 Å². The molecule has 8 nitrogen and oxygen atoms in total. The lowest BCUT2D eigenvalue weighted by molar-refractivity contribution is -0.121. The van der Waals surface area contributed by atoms with Gasteiger partial charge in [0.1, 0.15) is 5.75 Å². The fraction of sp³-hybridized carbons (Fsp3) is 0.182. The lowest BCUT2D eigenvalue weighted by Crippen LogP contribution is -2.23. The second-order valence-corrected chi connectivity index (χ2v) is 7.48. The van der Waals surface area contributed by atoms with Crippen molar-refractivity contribution in [2.45, 2.75) is 6.92 Å². The summed E-state index contributed by atoms with van der Waals surface area (Å²) in [5.74, 6) is -0.720. The Morgan fingerprint density at radius 3 is 2.71 bits per heavy atom. The van der Waals surface area contributed by atoms with Crippen molar-refractivity contribution < 1.29 is 23.9 Å². The molecule has 0 atom stereocenters. The van der Waals surface area contributed by atoms with Gasteiger partial charge in [-0.05, 0) is 60.7 Å². The highest BCUT2D eigenvalue weighted by atomic mass is 32.2. The summed E-state index contributed by atoms with van der Waals surface area (Å²) in [5, 5.41) is 0.485. The number of amidine groups is 1. The first-order valence-electron chi connectivity index (χ1n) is 9.42. The maximum Gasteiger partial charge on any atom is 0.338 e. The number of hydrogen-bond donors (Lipinski definition) is 1. The highest BCUT2D eigenvalue weighted by molar-refractivity contribution is 8.18. The number of thioether (sulfide) groups is 1. The van der Waals surface area contributed by atoms with Crippen molar-refractivity contribution >= 4 is 46.5 Å². The smallest absolute Gasteiger partial charge is 0.338 e. The monoisotopic (exact) mass is 439 g/mol. The van der Waals surface area contributed by atoms with Crippen LogP contribution in [0.2, 0.25) is 0 Å². The Kier molecular flexibility index (Phi) is 7.09. The number of amides is 2. The zero-order valence-corrected chi connectivity index (χ0v) is 17.8. The predicted octanol–water partition coefficient (Wildman–Crippen LogP) is 2.96. The molecule has 0 aliphatic carbocycles. The molecule has 2 N–H and O–H groups in total. The zero-order chi connectivity index (χ0) is 22.4. The fourth-order valence-corrected chi connectivity index (χ4v) is 3.67. The lowest BCUT2D eigenvalue weighted by Gasteiger charge is -2.08. The minimum atomic E-state index is -0.570. The number of rotatable bonds is 7. The Labute approximate surface area is 183 Å². The van der Waals surface area contributed by atoms with Crippen molar-refractivity contribution in [1.82, 2.24) is 4.90 Å². The molecule has 2 aromatic rings. The molecule has 3 rings (SSSR count). The average molecular weight is 439 g/mol. The minimum absolute atomic E-state index is 0.200. The van der Waals surface area contributed by atoms with Crippen molar-refractivity contribution in [1.29, 1.82) is 0 Å². The molecular weight excluding hydrogens is 418 g/mol. The summed E-state index contributed by atoms with van der Waals surface area (Å²) in [5.41, 5.74) is 6.76. The van der Waals surface area contributed by atoms with Gasteiger partial charge in [-0.25, -0.2) is 9.79 Å². The summed E-state index contributed by atoms with van der Waals surface area (Å²) in [6.45, 7) is 1.80. The Balaban J connectivity index is 1.81. The summed E-state index contributed by atoms with van der Waals surface area (Å²) < 4.78 is 10.3. The molecule has 160 valence electrons. The van der Waals surface area contributed by atoms with Crippen molar-refractivity contribution in [3.8, 4) is 5.75 Å². The molecule has 1 aliphatic rings. The third-order valence-electron chi connectivity index (χ3n) is 4.12. The van der Waals surface area contributed by atoms with E-state index in [1.165, 1.54) is 16.7 Å². The SMILES string of the molecule is CCOC(=O)c1cccc(N=C2SC(=Cc3cccc(OCC(N)=O)c3)C(=O)N2C)c1. The Morgan fingerprint density at radius 1 is 1.19 bits per heavy atom. The number of primary amides is 1. The molecule has 1 heterocycles. The standard InChI is InChI=1S/C22H21N3O5S/c1-3-29-21(28)15-7-5-8-16(12-15)24-22-25(2)20(27)18(31-22)11-14-6-4-9-17(10-14)30-13-19(23)26/h4-12H,3,13H2,1-2H3,(H2,23,26). The van der Waals surface area contributed by atoms with Crippen LogP contribution in [0.5, 0.6) is 5.75 Å². The Morgan fingerprint density at radius 2 is 1.97 bits per heavy atom. The van der Waals surface area contributed by atoms with E-state index in [4.69, 9.17) is 15.2 Å². The average Bonchev–Trinajstić information content (AvgIpc) is 3.00. The van der Waals surface area contributed by atoms with Crippen LogP contribution in [0.4, 0.5) is 5.69 Å². The van der Waals surface area contributed by atoms with E-state index >= 15 is 0 Å². The van der Waals surface area contributed by atoms with Crippen LogP contribution in [0.25, 0.3) is 6.08 Å². The molecule has 0 unspecified atom stereocenters. The van der Waals surface area contributed by atoms with Crippen LogP contribution >= 0.6 is 11.8 Å². The highest BCUT2D eigenvalue weighted by Gasteiger charge is 2.30. The van der Waals surface area contributed by atoms with E-state index in [1.54, 1.807) is 62.5 Å². The largest absolute Gasteiger partial charge is 0.484 e.